The third-order valence-corrected chi connectivity index (χ3v) is 8.87. The van der Waals surface area contributed by atoms with E-state index in [4.69, 9.17) is 9.97 Å². The van der Waals surface area contributed by atoms with Crippen LogP contribution >= 0.6 is 0 Å². The van der Waals surface area contributed by atoms with Crippen LogP contribution in [0.1, 0.15) is 22.9 Å². The molecule has 1 unspecified atom stereocenters. The van der Waals surface area contributed by atoms with Gasteiger partial charge in [-0.1, -0.05) is 121 Å². The maximum absolute atomic E-state index is 5.29. The van der Waals surface area contributed by atoms with E-state index in [1.165, 1.54) is 44.1 Å². The van der Waals surface area contributed by atoms with Gasteiger partial charge in [0.1, 0.15) is 5.82 Å². The van der Waals surface area contributed by atoms with Crippen molar-refractivity contribution in [3.63, 3.8) is 0 Å². The van der Waals surface area contributed by atoms with Gasteiger partial charge in [0.05, 0.1) is 28.3 Å². The van der Waals surface area contributed by atoms with E-state index in [0.717, 1.165) is 34.0 Å². The molecule has 1 aliphatic rings. The molecule has 0 N–H and O–H groups in total. The molecule has 0 bridgehead atoms. The molecule has 2 aromatic heterocycles. The van der Waals surface area contributed by atoms with Gasteiger partial charge in [0.15, 0.2) is 0 Å². The molecule has 6 aromatic carbocycles. The van der Waals surface area contributed by atoms with Crippen LogP contribution in [0.2, 0.25) is 0 Å². The average molecular weight is 562 g/mol. The summed E-state index contributed by atoms with van der Waals surface area (Å²) in [6, 6.07) is 55.9. The molecule has 1 aliphatic carbocycles. The van der Waals surface area contributed by atoms with E-state index in [-0.39, 0.29) is 5.92 Å². The van der Waals surface area contributed by atoms with Gasteiger partial charge in [-0.3, -0.25) is 0 Å². The van der Waals surface area contributed by atoms with Gasteiger partial charge in [-0.25, -0.2) is 9.97 Å². The van der Waals surface area contributed by atoms with Gasteiger partial charge in [0, 0.05) is 27.6 Å². The Hall–Kier alpha value is -5.80. The van der Waals surface area contributed by atoms with Gasteiger partial charge in [0.25, 0.3) is 0 Å². The van der Waals surface area contributed by atoms with E-state index >= 15 is 0 Å². The average Bonchev–Trinajstić information content (AvgIpc) is 3.60. The molecule has 3 heteroatoms. The summed E-state index contributed by atoms with van der Waals surface area (Å²) in [5.74, 6) is 0.734. The molecular formula is C41H27N3. The molecule has 0 spiro atoms. The molecule has 0 radical (unpaired) electrons. The lowest BCUT2D eigenvalue weighted by molar-refractivity contribution is 0.880. The Balaban J connectivity index is 1.33. The number of rotatable bonds is 4. The fourth-order valence-corrected chi connectivity index (χ4v) is 6.91. The molecular weight excluding hydrogens is 534 g/mol. The van der Waals surface area contributed by atoms with Gasteiger partial charge in [-0.2, -0.15) is 0 Å². The topological polar surface area (TPSA) is 30.7 Å². The number of hydrogen-bond donors (Lipinski definition) is 0. The summed E-state index contributed by atoms with van der Waals surface area (Å²) in [4.78, 5) is 10.6. The van der Waals surface area contributed by atoms with Crippen molar-refractivity contribution in [2.24, 2.45) is 0 Å². The minimum absolute atomic E-state index is 0.0874. The van der Waals surface area contributed by atoms with Crippen molar-refractivity contribution in [1.29, 1.82) is 0 Å². The fraction of sp³-hybridized carbons (Fsp3) is 0.0244. The maximum Gasteiger partial charge on any atom is 0.141 e. The lowest BCUT2D eigenvalue weighted by Gasteiger charge is -2.16. The predicted molar refractivity (Wildman–Crippen MR) is 180 cm³/mol. The van der Waals surface area contributed by atoms with Crippen LogP contribution in [0.4, 0.5) is 0 Å². The fourth-order valence-electron chi connectivity index (χ4n) is 6.91. The molecule has 0 fully saturated rings. The molecule has 206 valence electrons. The van der Waals surface area contributed by atoms with E-state index in [2.05, 4.69) is 150 Å². The number of hydrogen-bond acceptors (Lipinski definition) is 2. The number of benzene rings is 6. The lowest BCUT2D eigenvalue weighted by atomic mass is 9.94. The van der Waals surface area contributed by atoms with Crippen LogP contribution in [-0.2, 0) is 0 Å². The summed E-state index contributed by atoms with van der Waals surface area (Å²) >= 11 is 0. The zero-order chi connectivity index (χ0) is 29.0. The van der Waals surface area contributed by atoms with Crippen LogP contribution < -0.4 is 0 Å². The van der Waals surface area contributed by atoms with Crippen molar-refractivity contribution < 1.29 is 0 Å². The summed E-state index contributed by atoms with van der Waals surface area (Å²) in [5, 5.41) is 2.48. The second-order valence-electron chi connectivity index (χ2n) is 11.4. The summed E-state index contributed by atoms with van der Waals surface area (Å²) < 4.78 is 2.39. The highest BCUT2D eigenvalue weighted by Gasteiger charge is 2.33. The van der Waals surface area contributed by atoms with Gasteiger partial charge >= 0.3 is 0 Å². The number of para-hydroxylation sites is 2. The maximum atomic E-state index is 5.29. The molecule has 0 saturated heterocycles. The first-order chi connectivity index (χ1) is 21.8. The Morgan fingerprint density at radius 3 is 1.73 bits per heavy atom. The standard InChI is InChI=1S/C41H27N3/c1-4-14-27(15-5-1)36-26-37(28-16-6-2-7-17-28)43-41(42-36)40-32-22-11-10-20-30(32)33-25-39-34(24-35(33)40)31-21-12-13-23-38(31)44(39)29-18-8-3-9-19-29/h1-26,40H. The van der Waals surface area contributed by atoms with Crippen LogP contribution in [0.25, 0.3) is 61.1 Å². The van der Waals surface area contributed by atoms with Crippen molar-refractivity contribution in [3.05, 3.63) is 175 Å². The van der Waals surface area contributed by atoms with Crippen LogP contribution in [0.3, 0.4) is 0 Å². The Morgan fingerprint density at radius 1 is 0.432 bits per heavy atom. The van der Waals surface area contributed by atoms with Gasteiger partial charge in [0.2, 0.25) is 0 Å². The molecule has 2 heterocycles. The second-order valence-corrected chi connectivity index (χ2v) is 11.4. The quantitative estimate of drug-likeness (QED) is 0.214. The van der Waals surface area contributed by atoms with E-state index < -0.39 is 0 Å². The van der Waals surface area contributed by atoms with Gasteiger partial charge < -0.3 is 4.57 Å². The van der Waals surface area contributed by atoms with Crippen LogP contribution in [0, 0.1) is 0 Å². The third kappa shape index (κ3) is 3.83. The van der Waals surface area contributed by atoms with E-state index in [1.807, 2.05) is 12.1 Å². The Bertz CT molecular complexity index is 2260. The third-order valence-electron chi connectivity index (χ3n) is 8.87. The summed E-state index contributed by atoms with van der Waals surface area (Å²) in [6.45, 7) is 0. The monoisotopic (exact) mass is 561 g/mol. The van der Waals surface area contributed by atoms with Gasteiger partial charge in [-0.05, 0) is 58.7 Å². The predicted octanol–water partition coefficient (Wildman–Crippen LogP) is 10.1. The zero-order valence-electron chi connectivity index (χ0n) is 23.9. The normalized spacial score (nSPS) is 13.7. The highest BCUT2D eigenvalue weighted by Crippen LogP contribution is 2.50. The number of fused-ring (bicyclic) bond motifs is 6. The van der Waals surface area contributed by atoms with Crippen LogP contribution in [0.5, 0.6) is 0 Å². The smallest absolute Gasteiger partial charge is 0.141 e. The van der Waals surface area contributed by atoms with Crippen molar-refractivity contribution in [2.45, 2.75) is 5.92 Å². The Kier molecular flexibility index (Phi) is 5.57. The Morgan fingerprint density at radius 2 is 1.02 bits per heavy atom. The Labute approximate surface area is 255 Å². The summed E-state index contributed by atoms with van der Waals surface area (Å²) in [7, 11) is 0. The number of nitrogens with zero attached hydrogens (tertiary/aromatic N) is 3. The van der Waals surface area contributed by atoms with Crippen LogP contribution in [-0.4, -0.2) is 14.5 Å². The first-order valence-corrected chi connectivity index (χ1v) is 15.1. The first kappa shape index (κ1) is 24.8. The number of aromatic nitrogens is 3. The molecule has 0 amide bonds. The summed E-state index contributed by atoms with van der Waals surface area (Å²) in [6.07, 6.45) is 0. The van der Waals surface area contributed by atoms with Crippen molar-refractivity contribution in [1.82, 2.24) is 14.5 Å². The lowest BCUT2D eigenvalue weighted by Crippen LogP contribution is -2.07. The zero-order valence-corrected chi connectivity index (χ0v) is 23.9. The van der Waals surface area contributed by atoms with Crippen LogP contribution in [0.15, 0.2) is 158 Å². The molecule has 44 heavy (non-hydrogen) atoms. The van der Waals surface area contributed by atoms with Gasteiger partial charge in [-0.15, -0.1) is 0 Å². The molecule has 0 saturated carbocycles. The second kappa shape index (κ2) is 9.89. The first-order valence-electron chi connectivity index (χ1n) is 15.1. The van der Waals surface area contributed by atoms with Crippen molar-refractivity contribution >= 4 is 21.8 Å². The minimum Gasteiger partial charge on any atom is -0.309 e. The van der Waals surface area contributed by atoms with E-state index in [0.29, 0.717) is 0 Å². The van der Waals surface area contributed by atoms with Crippen molar-refractivity contribution in [2.75, 3.05) is 0 Å². The molecule has 0 aliphatic heterocycles. The minimum atomic E-state index is -0.0874. The largest absolute Gasteiger partial charge is 0.309 e. The molecule has 3 nitrogen and oxygen atoms in total. The molecule has 9 rings (SSSR count). The summed E-state index contributed by atoms with van der Waals surface area (Å²) in [5.41, 5.74) is 12.6. The molecule has 8 aromatic rings. The van der Waals surface area contributed by atoms with Crippen molar-refractivity contribution in [3.8, 4) is 39.3 Å². The highest BCUT2D eigenvalue weighted by atomic mass is 15.0. The highest BCUT2D eigenvalue weighted by molar-refractivity contribution is 6.11. The van der Waals surface area contributed by atoms with E-state index in [1.54, 1.807) is 0 Å². The van der Waals surface area contributed by atoms with E-state index in [9.17, 15) is 0 Å². The molecule has 1 atom stereocenters. The SMILES string of the molecule is c1ccc(-c2cc(-c3ccccc3)nc(C3c4ccccc4-c4cc5c(cc43)c3ccccc3n5-c3ccccc3)n2)cc1.